The fraction of sp³-hybridized carbons (Fsp3) is 0.524. The third kappa shape index (κ3) is 7.72. The SMILES string of the molecule is C=CCCCN(C)C(=NCc1ccc(C(=O)NC(C)CC)cc1)NCC. The number of nitrogens with zero attached hydrogens (tertiary/aromatic N) is 2. The molecule has 0 aromatic heterocycles. The zero-order valence-electron chi connectivity index (χ0n) is 16.7. The van der Waals surface area contributed by atoms with E-state index in [0.29, 0.717) is 12.1 Å². The van der Waals surface area contributed by atoms with Crippen molar-refractivity contribution in [1.29, 1.82) is 0 Å². The fourth-order valence-electron chi connectivity index (χ4n) is 2.39. The molecule has 1 aromatic rings. The number of hydrogen-bond donors (Lipinski definition) is 2. The largest absolute Gasteiger partial charge is 0.357 e. The van der Waals surface area contributed by atoms with E-state index < -0.39 is 0 Å². The third-order valence-corrected chi connectivity index (χ3v) is 4.22. The predicted molar refractivity (Wildman–Crippen MR) is 111 cm³/mol. The highest BCUT2D eigenvalue weighted by atomic mass is 16.1. The monoisotopic (exact) mass is 358 g/mol. The van der Waals surface area contributed by atoms with Gasteiger partial charge in [0.1, 0.15) is 0 Å². The van der Waals surface area contributed by atoms with Crippen LogP contribution in [-0.4, -0.2) is 42.9 Å². The molecule has 0 fully saturated rings. The Morgan fingerprint density at radius 2 is 2.00 bits per heavy atom. The molecule has 0 aliphatic carbocycles. The molecule has 144 valence electrons. The number of carbonyl (C=O) groups excluding carboxylic acids is 1. The number of aliphatic imine (C=N–C) groups is 1. The number of benzene rings is 1. The van der Waals surface area contributed by atoms with Crippen molar-refractivity contribution in [2.75, 3.05) is 20.1 Å². The minimum absolute atomic E-state index is 0.0234. The van der Waals surface area contributed by atoms with Crippen LogP contribution in [0.3, 0.4) is 0 Å². The van der Waals surface area contributed by atoms with Gasteiger partial charge < -0.3 is 15.5 Å². The second-order valence-electron chi connectivity index (χ2n) is 6.50. The van der Waals surface area contributed by atoms with Crippen LogP contribution in [0.4, 0.5) is 0 Å². The first kappa shape index (κ1) is 21.7. The van der Waals surface area contributed by atoms with E-state index in [-0.39, 0.29) is 11.9 Å². The Bertz CT molecular complexity index is 580. The van der Waals surface area contributed by atoms with Gasteiger partial charge in [0.25, 0.3) is 5.91 Å². The van der Waals surface area contributed by atoms with Gasteiger partial charge in [-0.25, -0.2) is 4.99 Å². The Morgan fingerprint density at radius 3 is 2.58 bits per heavy atom. The van der Waals surface area contributed by atoms with Crippen molar-refractivity contribution in [3.63, 3.8) is 0 Å². The average Bonchev–Trinajstić information content (AvgIpc) is 2.65. The highest BCUT2D eigenvalue weighted by Crippen LogP contribution is 2.07. The molecule has 0 aliphatic rings. The zero-order valence-corrected chi connectivity index (χ0v) is 16.7. The Balaban J connectivity index is 2.68. The van der Waals surface area contributed by atoms with E-state index in [1.54, 1.807) is 0 Å². The van der Waals surface area contributed by atoms with Crippen molar-refractivity contribution in [2.45, 2.75) is 52.6 Å². The zero-order chi connectivity index (χ0) is 19.4. The molecule has 1 atom stereocenters. The maximum atomic E-state index is 12.1. The van der Waals surface area contributed by atoms with Crippen LogP contribution in [0, 0.1) is 0 Å². The summed E-state index contributed by atoms with van der Waals surface area (Å²) in [6, 6.07) is 7.85. The molecule has 2 N–H and O–H groups in total. The summed E-state index contributed by atoms with van der Waals surface area (Å²) in [5, 5.41) is 6.30. The lowest BCUT2D eigenvalue weighted by Crippen LogP contribution is -2.39. The average molecular weight is 359 g/mol. The van der Waals surface area contributed by atoms with Gasteiger partial charge in [-0.15, -0.1) is 6.58 Å². The molecule has 0 bridgehead atoms. The van der Waals surface area contributed by atoms with E-state index in [1.807, 2.05) is 44.3 Å². The van der Waals surface area contributed by atoms with Gasteiger partial charge in [-0.3, -0.25) is 4.79 Å². The molecule has 0 heterocycles. The van der Waals surface area contributed by atoms with Gasteiger partial charge in [0, 0.05) is 31.7 Å². The van der Waals surface area contributed by atoms with E-state index in [2.05, 4.69) is 36.0 Å². The van der Waals surface area contributed by atoms with E-state index in [9.17, 15) is 4.79 Å². The number of amides is 1. The summed E-state index contributed by atoms with van der Waals surface area (Å²) in [6.45, 7) is 12.3. The maximum absolute atomic E-state index is 12.1. The number of rotatable bonds is 10. The molecule has 26 heavy (non-hydrogen) atoms. The van der Waals surface area contributed by atoms with Gasteiger partial charge in [-0.05, 0) is 50.8 Å². The van der Waals surface area contributed by atoms with E-state index >= 15 is 0 Å². The van der Waals surface area contributed by atoms with Crippen LogP contribution in [0.2, 0.25) is 0 Å². The van der Waals surface area contributed by atoms with Crippen LogP contribution in [0.25, 0.3) is 0 Å². The Kier molecular flexibility index (Phi) is 10.1. The Hall–Kier alpha value is -2.30. The molecular formula is C21H34N4O. The summed E-state index contributed by atoms with van der Waals surface area (Å²) < 4.78 is 0. The second kappa shape index (κ2) is 12.1. The minimum atomic E-state index is -0.0234. The molecule has 5 nitrogen and oxygen atoms in total. The van der Waals surface area contributed by atoms with Crippen LogP contribution in [0.5, 0.6) is 0 Å². The molecule has 1 aromatic carbocycles. The molecule has 0 aliphatic heterocycles. The highest BCUT2D eigenvalue weighted by molar-refractivity contribution is 5.94. The van der Waals surface area contributed by atoms with Crippen molar-refractivity contribution in [2.24, 2.45) is 4.99 Å². The fourth-order valence-corrected chi connectivity index (χ4v) is 2.39. The van der Waals surface area contributed by atoms with E-state index in [1.165, 1.54) is 0 Å². The summed E-state index contributed by atoms with van der Waals surface area (Å²) in [5.74, 6) is 0.875. The van der Waals surface area contributed by atoms with Crippen LogP contribution in [-0.2, 0) is 6.54 Å². The van der Waals surface area contributed by atoms with Crippen LogP contribution in [0.15, 0.2) is 41.9 Å². The molecule has 0 saturated carbocycles. The van der Waals surface area contributed by atoms with Gasteiger partial charge in [0.2, 0.25) is 0 Å². The minimum Gasteiger partial charge on any atom is -0.357 e. The molecule has 5 heteroatoms. The molecule has 0 spiro atoms. The molecule has 0 saturated heterocycles. The first-order chi connectivity index (χ1) is 12.5. The first-order valence-corrected chi connectivity index (χ1v) is 9.51. The summed E-state index contributed by atoms with van der Waals surface area (Å²) in [7, 11) is 2.05. The number of nitrogens with one attached hydrogen (secondary N) is 2. The lowest BCUT2D eigenvalue weighted by molar-refractivity contribution is 0.0939. The smallest absolute Gasteiger partial charge is 0.251 e. The topological polar surface area (TPSA) is 56.7 Å². The van der Waals surface area contributed by atoms with Crippen molar-refractivity contribution in [3.05, 3.63) is 48.0 Å². The number of carbonyl (C=O) groups is 1. The number of guanidine groups is 1. The van der Waals surface area contributed by atoms with Crippen molar-refractivity contribution in [3.8, 4) is 0 Å². The van der Waals surface area contributed by atoms with Crippen molar-refractivity contribution < 1.29 is 4.79 Å². The maximum Gasteiger partial charge on any atom is 0.251 e. The summed E-state index contributed by atoms with van der Waals surface area (Å²) in [5.41, 5.74) is 1.77. The third-order valence-electron chi connectivity index (χ3n) is 4.22. The number of hydrogen-bond acceptors (Lipinski definition) is 2. The molecular weight excluding hydrogens is 324 g/mol. The van der Waals surface area contributed by atoms with Crippen LogP contribution in [0.1, 0.15) is 56.0 Å². The highest BCUT2D eigenvalue weighted by Gasteiger charge is 2.08. The van der Waals surface area contributed by atoms with Crippen molar-refractivity contribution in [1.82, 2.24) is 15.5 Å². The van der Waals surface area contributed by atoms with Gasteiger partial charge in [0.05, 0.1) is 6.54 Å². The second-order valence-corrected chi connectivity index (χ2v) is 6.50. The normalized spacial score (nSPS) is 12.4. The summed E-state index contributed by atoms with van der Waals surface area (Å²) in [6.07, 6.45) is 4.93. The summed E-state index contributed by atoms with van der Waals surface area (Å²) in [4.78, 5) is 19.0. The quantitative estimate of drug-likeness (QED) is 0.291. The predicted octanol–water partition coefficient (Wildman–Crippen LogP) is 3.58. The standard InChI is InChI=1S/C21H34N4O/c1-6-9-10-15-25(5)21(22-8-3)23-16-18-11-13-19(14-12-18)20(26)24-17(4)7-2/h6,11-14,17H,1,7-10,15-16H2,2-5H3,(H,22,23)(H,24,26). The first-order valence-electron chi connectivity index (χ1n) is 9.51. The van der Waals surface area contributed by atoms with Crippen LogP contribution < -0.4 is 10.6 Å². The lowest BCUT2D eigenvalue weighted by Gasteiger charge is -2.21. The molecule has 0 radical (unpaired) electrons. The summed E-state index contributed by atoms with van der Waals surface area (Å²) >= 11 is 0. The van der Waals surface area contributed by atoms with Gasteiger partial charge >= 0.3 is 0 Å². The molecule has 1 amide bonds. The molecule has 1 unspecified atom stereocenters. The number of allylic oxidation sites excluding steroid dienone is 1. The lowest BCUT2D eigenvalue weighted by atomic mass is 10.1. The van der Waals surface area contributed by atoms with E-state index in [0.717, 1.165) is 43.9 Å². The van der Waals surface area contributed by atoms with Crippen molar-refractivity contribution >= 4 is 11.9 Å². The van der Waals surface area contributed by atoms with Crippen LogP contribution >= 0.6 is 0 Å². The van der Waals surface area contributed by atoms with E-state index in [4.69, 9.17) is 4.99 Å². The van der Waals surface area contributed by atoms with Gasteiger partial charge in [0.15, 0.2) is 5.96 Å². The van der Waals surface area contributed by atoms with Gasteiger partial charge in [-0.1, -0.05) is 25.1 Å². The number of unbranched alkanes of at least 4 members (excludes halogenated alkanes) is 1. The molecule has 1 rings (SSSR count). The Morgan fingerprint density at radius 1 is 1.31 bits per heavy atom. The van der Waals surface area contributed by atoms with Gasteiger partial charge in [-0.2, -0.15) is 0 Å². The Labute approximate surface area is 158 Å².